The SMILES string of the molecule is Cc1nc(-c2ccccc2)sc1CCO. The molecule has 1 aromatic heterocycles. The molecule has 0 fully saturated rings. The molecule has 1 N–H and O–H groups in total. The van der Waals surface area contributed by atoms with Crippen molar-refractivity contribution >= 4 is 11.3 Å². The average Bonchev–Trinajstić information content (AvgIpc) is 2.63. The highest BCUT2D eigenvalue weighted by Gasteiger charge is 2.07. The Bertz CT molecular complexity index is 436. The Morgan fingerprint density at radius 1 is 1.27 bits per heavy atom. The third kappa shape index (κ3) is 2.25. The van der Waals surface area contributed by atoms with Gasteiger partial charge in [-0.2, -0.15) is 0 Å². The molecule has 2 rings (SSSR count). The Morgan fingerprint density at radius 3 is 2.67 bits per heavy atom. The van der Waals surface area contributed by atoms with E-state index in [2.05, 4.69) is 17.1 Å². The highest BCUT2D eigenvalue weighted by Crippen LogP contribution is 2.27. The highest BCUT2D eigenvalue weighted by molar-refractivity contribution is 7.15. The number of nitrogens with zero attached hydrogens (tertiary/aromatic N) is 1. The molecule has 0 saturated heterocycles. The first-order valence-corrected chi connectivity index (χ1v) is 5.75. The van der Waals surface area contributed by atoms with E-state index in [4.69, 9.17) is 5.11 Å². The molecule has 15 heavy (non-hydrogen) atoms. The van der Waals surface area contributed by atoms with Gasteiger partial charge in [0.25, 0.3) is 0 Å². The molecular weight excluding hydrogens is 206 g/mol. The summed E-state index contributed by atoms with van der Waals surface area (Å²) >= 11 is 1.67. The van der Waals surface area contributed by atoms with E-state index in [-0.39, 0.29) is 6.61 Å². The number of hydrogen-bond acceptors (Lipinski definition) is 3. The van der Waals surface area contributed by atoms with E-state index in [0.717, 1.165) is 16.3 Å². The minimum Gasteiger partial charge on any atom is -0.396 e. The van der Waals surface area contributed by atoms with E-state index < -0.39 is 0 Å². The van der Waals surface area contributed by atoms with Gasteiger partial charge >= 0.3 is 0 Å². The summed E-state index contributed by atoms with van der Waals surface area (Å²) in [6.07, 6.45) is 0.705. The summed E-state index contributed by atoms with van der Waals surface area (Å²) in [5.74, 6) is 0. The molecule has 2 nitrogen and oxygen atoms in total. The largest absolute Gasteiger partial charge is 0.396 e. The number of aromatic nitrogens is 1. The second-order valence-electron chi connectivity index (χ2n) is 3.37. The van der Waals surface area contributed by atoms with Crippen LogP contribution in [-0.4, -0.2) is 16.7 Å². The van der Waals surface area contributed by atoms with Crippen LogP contribution in [0.15, 0.2) is 30.3 Å². The fraction of sp³-hybridized carbons (Fsp3) is 0.250. The van der Waals surface area contributed by atoms with Crippen molar-refractivity contribution in [3.8, 4) is 10.6 Å². The lowest BCUT2D eigenvalue weighted by molar-refractivity contribution is 0.300. The fourth-order valence-electron chi connectivity index (χ4n) is 1.47. The lowest BCUT2D eigenvalue weighted by Crippen LogP contribution is -1.88. The average molecular weight is 219 g/mol. The Hall–Kier alpha value is -1.19. The lowest BCUT2D eigenvalue weighted by atomic mass is 10.2. The van der Waals surface area contributed by atoms with E-state index in [9.17, 15) is 0 Å². The monoisotopic (exact) mass is 219 g/mol. The molecule has 0 atom stereocenters. The normalized spacial score (nSPS) is 10.5. The Kier molecular flexibility index (Phi) is 3.14. The zero-order valence-electron chi connectivity index (χ0n) is 8.60. The lowest BCUT2D eigenvalue weighted by Gasteiger charge is -1.93. The van der Waals surface area contributed by atoms with E-state index in [1.54, 1.807) is 11.3 Å². The van der Waals surface area contributed by atoms with Crippen LogP contribution in [0, 0.1) is 6.92 Å². The Labute approximate surface area is 93.2 Å². The molecule has 0 aliphatic carbocycles. The number of aryl methyl sites for hydroxylation is 1. The van der Waals surface area contributed by atoms with Crippen molar-refractivity contribution in [3.05, 3.63) is 40.9 Å². The first kappa shape index (κ1) is 10.3. The predicted octanol–water partition coefficient (Wildman–Crippen LogP) is 2.65. The van der Waals surface area contributed by atoms with Gasteiger partial charge in [0, 0.05) is 23.5 Å². The van der Waals surface area contributed by atoms with Gasteiger partial charge in [-0.05, 0) is 6.92 Å². The van der Waals surface area contributed by atoms with Crippen LogP contribution in [0.3, 0.4) is 0 Å². The Morgan fingerprint density at radius 2 is 2.00 bits per heavy atom. The molecule has 3 heteroatoms. The van der Waals surface area contributed by atoms with E-state index in [1.807, 2.05) is 25.1 Å². The van der Waals surface area contributed by atoms with Gasteiger partial charge in [0.15, 0.2) is 0 Å². The maximum atomic E-state index is 8.90. The molecule has 0 amide bonds. The van der Waals surface area contributed by atoms with Crippen LogP contribution in [0.2, 0.25) is 0 Å². The summed E-state index contributed by atoms with van der Waals surface area (Å²) in [4.78, 5) is 5.68. The van der Waals surface area contributed by atoms with Crippen molar-refractivity contribution < 1.29 is 5.11 Å². The van der Waals surface area contributed by atoms with Gasteiger partial charge in [0.2, 0.25) is 0 Å². The summed E-state index contributed by atoms with van der Waals surface area (Å²) in [5, 5.41) is 9.94. The minimum atomic E-state index is 0.192. The van der Waals surface area contributed by atoms with Gasteiger partial charge in [-0.3, -0.25) is 0 Å². The number of rotatable bonds is 3. The van der Waals surface area contributed by atoms with Gasteiger partial charge in [0.1, 0.15) is 5.01 Å². The summed E-state index contributed by atoms with van der Waals surface area (Å²) in [5.41, 5.74) is 2.18. The van der Waals surface area contributed by atoms with E-state index >= 15 is 0 Å². The predicted molar refractivity (Wildman–Crippen MR) is 63.1 cm³/mol. The quantitative estimate of drug-likeness (QED) is 0.861. The third-order valence-electron chi connectivity index (χ3n) is 2.25. The van der Waals surface area contributed by atoms with Crippen LogP contribution in [0.25, 0.3) is 10.6 Å². The van der Waals surface area contributed by atoms with Crippen LogP contribution >= 0.6 is 11.3 Å². The second kappa shape index (κ2) is 4.55. The second-order valence-corrected chi connectivity index (χ2v) is 4.45. The van der Waals surface area contributed by atoms with Crippen molar-refractivity contribution in [3.63, 3.8) is 0 Å². The molecule has 0 saturated carbocycles. The number of aliphatic hydroxyl groups is 1. The maximum absolute atomic E-state index is 8.90. The van der Waals surface area contributed by atoms with E-state index in [1.165, 1.54) is 4.88 Å². The van der Waals surface area contributed by atoms with Crippen LogP contribution in [0.1, 0.15) is 10.6 Å². The van der Waals surface area contributed by atoms with Crippen molar-refractivity contribution in [1.82, 2.24) is 4.98 Å². The molecule has 0 spiro atoms. The zero-order chi connectivity index (χ0) is 10.7. The first-order valence-electron chi connectivity index (χ1n) is 4.94. The van der Waals surface area contributed by atoms with Crippen LogP contribution in [-0.2, 0) is 6.42 Å². The number of thiazole rings is 1. The molecule has 0 radical (unpaired) electrons. The zero-order valence-corrected chi connectivity index (χ0v) is 9.42. The van der Waals surface area contributed by atoms with Crippen molar-refractivity contribution in [2.75, 3.05) is 6.61 Å². The summed E-state index contributed by atoms with van der Waals surface area (Å²) in [7, 11) is 0. The van der Waals surface area contributed by atoms with Crippen LogP contribution < -0.4 is 0 Å². The van der Waals surface area contributed by atoms with Gasteiger partial charge in [0.05, 0.1) is 5.69 Å². The number of benzene rings is 1. The van der Waals surface area contributed by atoms with Gasteiger partial charge in [-0.1, -0.05) is 30.3 Å². The molecule has 78 valence electrons. The maximum Gasteiger partial charge on any atom is 0.123 e. The fourth-order valence-corrected chi connectivity index (χ4v) is 2.52. The summed E-state index contributed by atoms with van der Waals surface area (Å²) in [6.45, 7) is 2.19. The van der Waals surface area contributed by atoms with Crippen molar-refractivity contribution in [1.29, 1.82) is 0 Å². The number of hydrogen-bond donors (Lipinski definition) is 1. The van der Waals surface area contributed by atoms with Gasteiger partial charge < -0.3 is 5.11 Å². The molecular formula is C12H13NOS. The standard InChI is InChI=1S/C12H13NOS/c1-9-11(7-8-14)15-12(13-9)10-5-3-2-4-6-10/h2-6,14H,7-8H2,1H3. The third-order valence-corrected chi connectivity index (χ3v) is 3.52. The minimum absolute atomic E-state index is 0.192. The van der Waals surface area contributed by atoms with Gasteiger partial charge in [-0.15, -0.1) is 11.3 Å². The molecule has 0 bridgehead atoms. The number of aliphatic hydroxyl groups excluding tert-OH is 1. The summed E-state index contributed by atoms with van der Waals surface area (Å²) < 4.78 is 0. The van der Waals surface area contributed by atoms with Gasteiger partial charge in [-0.25, -0.2) is 4.98 Å². The van der Waals surface area contributed by atoms with E-state index in [0.29, 0.717) is 6.42 Å². The molecule has 0 aliphatic rings. The molecule has 0 unspecified atom stereocenters. The Balaban J connectivity index is 2.34. The van der Waals surface area contributed by atoms with Crippen molar-refractivity contribution in [2.24, 2.45) is 0 Å². The highest BCUT2D eigenvalue weighted by atomic mass is 32.1. The first-order chi connectivity index (χ1) is 7.31. The molecule has 1 aromatic carbocycles. The topological polar surface area (TPSA) is 33.1 Å². The van der Waals surface area contributed by atoms with Crippen LogP contribution in [0.4, 0.5) is 0 Å². The molecule has 0 aliphatic heterocycles. The summed E-state index contributed by atoms with van der Waals surface area (Å²) in [6, 6.07) is 10.1. The molecule has 1 heterocycles. The smallest absolute Gasteiger partial charge is 0.123 e. The van der Waals surface area contributed by atoms with Crippen molar-refractivity contribution in [2.45, 2.75) is 13.3 Å². The molecule has 2 aromatic rings. The van der Waals surface area contributed by atoms with Crippen LogP contribution in [0.5, 0.6) is 0 Å².